The van der Waals surface area contributed by atoms with E-state index in [1.165, 1.54) is 39.0 Å². The summed E-state index contributed by atoms with van der Waals surface area (Å²) in [4.78, 5) is 34.7. The van der Waals surface area contributed by atoms with Crippen LogP contribution in [0.15, 0.2) is 12.7 Å². The van der Waals surface area contributed by atoms with Crippen molar-refractivity contribution in [2.45, 2.75) is 122 Å². The molecule has 6 nitrogen and oxygen atoms in total. The highest BCUT2D eigenvalue weighted by atomic mass is 16.6. The summed E-state index contributed by atoms with van der Waals surface area (Å²) in [6.45, 7) is 7.00. The highest BCUT2D eigenvalue weighted by Gasteiger charge is 2.42. The Morgan fingerprint density at radius 3 is 1.94 bits per heavy atom. The predicted molar refractivity (Wildman–Crippen MR) is 123 cm³/mol. The van der Waals surface area contributed by atoms with Gasteiger partial charge >= 0.3 is 11.9 Å². The third-order valence-electron chi connectivity index (χ3n) is 5.75. The highest BCUT2D eigenvalue weighted by Crippen LogP contribution is 2.27. The molecule has 0 aromatic rings. The zero-order valence-corrected chi connectivity index (χ0v) is 19.7. The van der Waals surface area contributed by atoms with Crippen LogP contribution in [0.4, 0.5) is 0 Å². The Kier molecular flexibility index (Phi) is 17.0. The van der Waals surface area contributed by atoms with Gasteiger partial charge in [-0.15, -0.1) is 0 Å². The number of ether oxygens (including phenoxy) is 1. The average molecular weight is 441 g/mol. The van der Waals surface area contributed by atoms with E-state index in [0.29, 0.717) is 6.42 Å². The maximum atomic E-state index is 11.8. The van der Waals surface area contributed by atoms with Crippen molar-refractivity contribution in [2.24, 2.45) is 5.92 Å². The number of carboxylic acid groups (broad SMARTS) is 1. The molecular weight excluding hydrogens is 396 g/mol. The van der Waals surface area contributed by atoms with Crippen LogP contribution in [0.25, 0.3) is 0 Å². The number of hydrogen-bond acceptors (Lipinski definition) is 5. The van der Waals surface area contributed by atoms with Crippen molar-refractivity contribution in [3.63, 3.8) is 0 Å². The van der Waals surface area contributed by atoms with Gasteiger partial charge in [0.1, 0.15) is 6.29 Å². The zero-order valence-electron chi connectivity index (χ0n) is 19.7. The molecule has 0 saturated heterocycles. The van der Waals surface area contributed by atoms with Gasteiger partial charge in [-0.1, -0.05) is 77.7 Å². The van der Waals surface area contributed by atoms with E-state index < -0.39 is 23.6 Å². The van der Waals surface area contributed by atoms with Gasteiger partial charge in [0, 0.05) is 18.4 Å². The largest absolute Gasteiger partial charge is 0.478 e. The Labute approximate surface area is 188 Å². The van der Waals surface area contributed by atoms with Crippen LogP contribution < -0.4 is 0 Å². The van der Waals surface area contributed by atoms with E-state index >= 15 is 0 Å². The SMILES string of the molecule is C=CC(=O)OC(CCCCCCCC(C=O)CCCCCCCC)(CC(C)O)C(=O)O. The van der Waals surface area contributed by atoms with Gasteiger partial charge in [-0.25, -0.2) is 9.59 Å². The molecule has 180 valence electrons. The normalized spacial score (nSPS) is 14.9. The molecule has 0 amide bonds. The average Bonchev–Trinajstić information content (AvgIpc) is 2.72. The third-order valence-corrected chi connectivity index (χ3v) is 5.75. The predicted octanol–water partition coefficient (Wildman–Crippen LogP) is 5.61. The molecule has 0 aliphatic carbocycles. The number of carbonyl (C=O) groups is 3. The van der Waals surface area contributed by atoms with Crippen molar-refractivity contribution >= 4 is 18.2 Å². The number of aliphatic hydroxyl groups is 1. The molecular formula is C25H44O6. The van der Waals surface area contributed by atoms with Gasteiger partial charge in [0.2, 0.25) is 5.60 Å². The summed E-state index contributed by atoms with van der Waals surface area (Å²) >= 11 is 0. The van der Waals surface area contributed by atoms with Crippen LogP contribution in [0.2, 0.25) is 0 Å². The van der Waals surface area contributed by atoms with E-state index in [4.69, 9.17) is 4.74 Å². The topological polar surface area (TPSA) is 101 Å². The van der Waals surface area contributed by atoms with Crippen LogP contribution in [0.1, 0.15) is 110 Å². The van der Waals surface area contributed by atoms with Gasteiger partial charge in [0.25, 0.3) is 0 Å². The fourth-order valence-corrected chi connectivity index (χ4v) is 3.96. The van der Waals surface area contributed by atoms with E-state index in [-0.39, 0.29) is 18.8 Å². The minimum atomic E-state index is -1.72. The van der Waals surface area contributed by atoms with Gasteiger partial charge in [0.05, 0.1) is 6.10 Å². The van der Waals surface area contributed by atoms with Crippen molar-refractivity contribution in [3.8, 4) is 0 Å². The minimum absolute atomic E-state index is 0.148. The number of esters is 1. The number of aliphatic hydroxyl groups excluding tert-OH is 1. The first-order valence-electron chi connectivity index (χ1n) is 12.0. The van der Waals surface area contributed by atoms with Gasteiger partial charge < -0.3 is 19.7 Å². The molecule has 3 atom stereocenters. The van der Waals surface area contributed by atoms with E-state index in [0.717, 1.165) is 57.3 Å². The molecule has 6 heteroatoms. The van der Waals surface area contributed by atoms with E-state index in [1.54, 1.807) is 0 Å². The van der Waals surface area contributed by atoms with Crippen LogP contribution in [0, 0.1) is 5.92 Å². The van der Waals surface area contributed by atoms with Gasteiger partial charge in [-0.05, 0) is 32.6 Å². The molecule has 0 heterocycles. The standard InChI is InChI=1S/C25H44O6/c1-4-6-7-8-10-13-16-22(20-26)17-14-11-9-12-15-18-25(24(29)30,19-21(3)27)31-23(28)5-2/h5,20-22,27H,2,4,6-19H2,1,3H3,(H,29,30). The summed E-state index contributed by atoms with van der Waals surface area (Å²) in [6.07, 6.45) is 14.7. The van der Waals surface area contributed by atoms with Crippen molar-refractivity contribution in [1.29, 1.82) is 0 Å². The molecule has 0 aliphatic heterocycles. The van der Waals surface area contributed by atoms with Crippen LogP contribution in [0.5, 0.6) is 0 Å². The maximum Gasteiger partial charge on any atom is 0.348 e. The second-order valence-electron chi connectivity index (χ2n) is 8.74. The first kappa shape index (κ1) is 29.3. The Morgan fingerprint density at radius 2 is 1.48 bits per heavy atom. The number of aliphatic carboxylic acids is 1. The maximum absolute atomic E-state index is 11.8. The smallest absolute Gasteiger partial charge is 0.348 e. The van der Waals surface area contributed by atoms with Crippen LogP contribution in [0.3, 0.4) is 0 Å². The fourth-order valence-electron chi connectivity index (χ4n) is 3.96. The lowest BCUT2D eigenvalue weighted by molar-refractivity contribution is -0.180. The van der Waals surface area contributed by atoms with Crippen molar-refractivity contribution in [1.82, 2.24) is 0 Å². The second kappa shape index (κ2) is 17.9. The lowest BCUT2D eigenvalue weighted by atomic mass is 9.89. The van der Waals surface area contributed by atoms with Gasteiger partial charge in [0.15, 0.2) is 0 Å². The number of carbonyl (C=O) groups excluding carboxylic acids is 2. The molecule has 0 bridgehead atoms. The number of unbranched alkanes of at least 4 members (excludes halogenated alkanes) is 9. The van der Waals surface area contributed by atoms with E-state index in [1.807, 2.05) is 0 Å². The molecule has 3 unspecified atom stereocenters. The Bertz CT molecular complexity index is 516. The molecule has 0 aromatic carbocycles. The van der Waals surface area contributed by atoms with Crippen molar-refractivity contribution < 1.29 is 29.3 Å². The van der Waals surface area contributed by atoms with Gasteiger partial charge in [-0.2, -0.15) is 0 Å². The molecule has 0 radical (unpaired) electrons. The second-order valence-corrected chi connectivity index (χ2v) is 8.74. The minimum Gasteiger partial charge on any atom is -0.478 e. The summed E-state index contributed by atoms with van der Waals surface area (Å²) in [5.41, 5.74) is -1.72. The molecule has 31 heavy (non-hydrogen) atoms. The number of carboxylic acids is 1. The summed E-state index contributed by atoms with van der Waals surface area (Å²) in [7, 11) is 0. The Morgan fingerprint density at radius 1 is 0.968 bits per heavy atom. The third kappa shape index (κ3) is 14.1. The van der Waals surface area contributed by atoms with Crippen LogP contribution >= 0.6 is 0 Å². The number of hydrogen-bond donors (Lipinski definition) is 2. The molecule has 0 fully saturated rings. The van der Waals surface area contributed by atoms with Crippen LogP contribution in [-0.4, -0.2) is 40.1 Å². The Balaban J connectivity index is 4.19. The summed E-state index contributed by atoms with van der Waals surface area (Å²) in [5.74, 6) is -1.89. The van der Waals surface area contributed by atoms with E-state index in [2.05, 4.69) is 13.5 Å². The van der Waals surface area contributed by atoms with E-state index in [9.17, 15) is 24.6 Å². The van der Waals surface area contributed by atoms with Gasteiger partial charge in [-0.3, -0.25) is 0 Å². The fraction of sp³-hybridized carbons (Fsp3) is 0.800. The molecule has 0 aromatic heterocycles. The first-order chi connectivity index (χ1) is 14.8. The number of aldehydes is 1. The number of rotatable bonds is 21. The highest BCUT2D eigenvalue weighted by molar-refractivity contribution is 5.86. The molecule has 0 saturated carbocycles. The van der Waals surface area contributed by atoms with Crippen molar-refractivity contribution in [3.05, 3.63) is 12.7 Å². The quantitative estimate of drug-likeness (QED) is 0.104. The molecule has 0 rings (SSSR count). The summed E-state index contributed by atoms with van der Waals surface area (Å²) < 4.78 is 5.15. The molecule has 2 N–H and O–H groups in total. The Hall–Kier alpha value is -1.69. The monoisotopic (exact) mass is 440 g/mol. The molecule has 0 spiro atoms. The lowest BCUT2D eigenvalue weighted by Gasteiger charge is -2.30. The first-order valence-corrected chi connectivity index (χ1v) is 12.0. The van der Waals surface area contributed by atoms with Crippen molar-refractivity contribution in [2.75, 3.05) is 0 Å². The zero-order chi connectivity index (χ0) is 23.5. The van der Waals surface area contributed by atoms with Crippen LogP contribution in [-0.2, 0) is 19.1 Å². The molecule has 0 aliphatic rings. The summed E-state index contributed by atoms with van der Waals surface area (Å²) in [6, 6.07) is 0. The lowest BCUT2D eigenvalue weighted by Crippen LogP contribution is -2.45. The summed E-state index contributed by atoms with van der Waals surface area (Å²) in [5, 5.41) is 19.3.